The molecule has 0 aromatic heterocycles. The molecule has 0 bridgehead atoms. The summed E-state index contributed by atoms with van der Waals surface area (Å²) in [5.41, 5.74) is 0.820. The third-order valence-electron chi connectivity index (χ3n) is 2.75. The van der Waals surface area contributed by atoms with E-state index in [-0.39, 0.29) is 5.56 Å². The van der Waals surface area contributed by atoms with Crippen LogP contribution in [0.4, 0.5) is 10.1 Å². The zero-order chi connectivity index (χ0) is 14.5. The second kappa shape index (κ2) is 6.43. The van der Waals surface area contributed by atoms with Gasteiger partial charge >= 0.3 is 0 Å². The fourth-order valence-corrected chi connectivity index (χ4v) is 2.14. The van der Waals surface area contributed by atoms with Crippen LogP contribution < -0.4 is 10.1 Å². The number of carbonyl (C=O) groups excluding carboxylic acids is 1. The number of benzene rings is 2. The van der Waals surface area contributed by atoms with Crippen LogP contribution in [0.3, 0.4) is 0 Å². The fraction of sp³-hybridized carbons (Fsp3) is 0.133. The number of ether oxygens (including phenoxy) is 1. The van der Waals surface area contributed by atoms with Crippen LogP contribution in [0.15, 0.2) is 47.4 Å². The van der Waals surface area contributed by atoms with Crippen molar-refractivity contribution >= 4 is 23.4 Å². The summed E-state index contributed by atoms with van der Waals surface area (Å²) in [6.07, 6.45) is 1.98. The molecule has 104 valence electrons. The van der Waals surface area contributed by atoms with Gasteiger partial charge in [-0.25, -0.2) is 4.39 Å². The van der Waals surface area contributed by atoms with E-state index < -0.39 is 11.7 Å². The van der Waals surface area contributed by atoms with Crippen molar-refractivity contribution in [3.63, 3.8) is 0 Å². The van der Waals surface area contributed by atoms with Crippen LogP contribution in [-0.4, -0.2) is 19.3 Å². The van der Waals surface area contributed by atoms with E-state index in [1.54, 1.807) is 23.9 Å². The highest BCUT2D eigenvalue weighted by Gasteiger charge is 2.13. The summed E-state index contributed by atoms with van der Waals surface area (Å²) in [5, 5.41) is 2.72. The monoisotopic (exact) mass is 291 g/mol. The number of amides is 1. The molecule has 0 unspecified atom stereocenters. The van der Waals surface area contributed by atoms with E-state index in [4.69, 9.17) is 4.74 Å². The maximum Gasteiger partial charge on any atom is 0.259 e. The van der Waals surface area contributed by atoms with Gasteiger partial charge in [-0.3, -0.25) is 4.79 Å². The quantitative estimate of drug-likeness (QED) is 0.871. The minimum Gasteiger partial charge on any atom is -0.496 e. The highest BCUT2D eigenvalue weighted by Crippen LogP contribution is 2.22. The molecule has 0 fully saturated rings. The summed E-state index contributed by atoms with van der Waals surface area (Å²) in [7, 11) is 1.44. The van der Waals surface area contributed by atoms with Gasteiger partial charge in [0.2, 0.25) is 0 Å². The standard InChI is InChI=1S/C15H14FNO2S/c1-19-14-8-3-10(16)9-13(14)15(18)17-11-4-6-12(20-2)7-5-11/h3-9H,1-2H3,(H,17,18). The van der Waals surface area contributed by atoms with Crippen molar-refractivity contribution in [3.8, 4) is 5.75 Å². The number of methoxy groups -OCH3 is 1. The Morgan fingerprint density at radius 1 is 1.20 bits per heavy atom. The van der Waals surface area contributed by atoms with Crippen LogP contribution in [-0.2, 0) is 0 Å². The van der Waals surface area contributed by atoms with E-state index >= 15 is 0 Å². The van der Waals surface area contributed by atoms with Crippen molar-refractivity contribution in [1.82, 2.24) is 0 Å². The molecule has 3 nitrogen and oxygen atoms in total. The molecule has 0 saturated heterocycles. The molecular weight excluding hydrogens is 277 g/mol. The van der Waals surface area contributed by atoms with Crippen molar-refractivity contribution in [2.24, 2.45) is 0 Å². The highest BCUT2D eigenvalue weighted by atomic mass is 32.2. The summed E-state index contributed by atoms with van der Waals surface area (Å²) in [6.45, 7) is 0. The van der Waals surface area contributed by atoms with E-state index in [9.17, 15) is 9.18 Å². The minimum absolute atomic E-state index is 0.168. The van der Waals surface area contributed by atoms with Gasteiger partial charge < -0.3 is 10.1 Å². The van der Waals surface area contributed by atoms with E-state index in [0.29, 0.717) is 11.4 Å². The molecule has 0 aliphatic rings. The smallest absolute Gasteiger partial charge is 0.259 e. The Bertz CT molecular complexity index is 614. The van der Waals surface area contributed by atoms with Gasteiger partial charge in [-0.2, -0.15) is 0 Å². The first-order chi connectivity index (χ1) is 9.63. The van der Waals surface area contributed by atoms with Gasteiger partial charge in [0.1, 0.15) is 11.6 Å². The van der Waals surface area contributed by atoms with Crippen LogP contribution in [0.2, 0.25) is 0 Å². The van der Waals surface area contributed by atoms with Crippen molar-refractivity contribution in [2.45, 2.75) is 4.90 Å². The lowest BCUT2D eigenvalue weighted by Gasteiger charge is -2.09. The molecule has 0 aliphatic carbocycles. The predicted molar refractivity (Wildman–Crippen MR) is 79.1 cm³/mol. The lowest BCUT2D eigenvalue weighted by Crippen LogP contribution is -2.13. The minimum atomic E-state index is -0.478. The Labute approximate surface area is 121 Å². The first-order valence-corrected chi connectivity index (χ1v) is 7.15. The first kappa shape index (κ1) is 14.4. The van der Waals surface area contributed by atoms with Gasteiger partial charge in [0.05, 0.1) is 12.7 Å². The van der Waals surface area contributed by atoms with E-state index in [2.05, 4.69) is 5.32 Å². The zero-order valence-electron chi connectivity index (χ0n) is 11.1. The second-order valence-corrected chi connectivity index (χ2v) is 4.91. The van der Waals surface area contributed by atoms with E-state index in [1.165, 1.54) is 19.2 Å². The number of hydrogen-bond donors (Lipinski definition) is 1. The van der Waals surface area contributed by atoms with Gasteiger partial charge in [-0.15, -0.1) is 11.8 Å². The normalized spacial score (nSPS) is 10.2. The fourth-order valence-electron chi connectivity index (χ4n) is 1.73. The number of carbonyl (C=O) groups is 1. The van der Waals surface area contributed by atoms with Crippen molar-refractivity contribution < 1.29 is 13.9 Å². The van der Waals surface area contributed by atoms with Crippen LogP contribution >= 0.6 is 11.8 Å². The molecular formula is C15H14FNO2S. The van der Waals surface area contributed by atoms with Crippen LogP contribution in [0.1, 0.15) is 10.4 Å². The molecule has 2 aromatic carbocycles. The van der Waals surface area contributed by atoms with Gasteiger partial charge in [0.25, 0.3) is 5.91 Å². The molecule has 20 heavy (non-hydrogen) atoms. The average Bonchev–Trinajstić information content (AvgIpc) is 2.48. The zero-order valence-corrected chi connectivity index (χ0v) is 12.0. The first-order valence-electron chi connectivity index (χ1n) is 5.93. The largest absolute Gasteiger partial charge is 0.496 e. The Balaban J connectivity index is 2.20. The third kappa shape index (κ3) is 3.30. The van der Waals surface area contributed by atoms with Gasteiger partial charge in [-0.1, -0.05) is 0 Å². The Morgan fingerprint density at radius 2 is 1.90 bits per heavy atom. The van der Waals surface area contributed by atoms with Crippen LogP contribution in [0.5, 0.6) is 5.75 Å². The summed E-state index contributed by atoms with van der Waals surface area (Å²) in [4.78, 5) is 13.2. The maximum absolute atomic E-state index is 13.2. The summed E-state index contributed by atoms with van der Waals surface area (Å²) in [5.74, 6) is -0.545. The van der Waals surface area contributed by atoms with Crippen LogP contribution in [0, 0.1) is 5.82 Å². The molecule has 0 aliphatic heterocycles. The molecule has 2 aromatic rings. The number of thioether (sulfide) groups is 1. The number of nitrogens with one attached hydrogen (secondary N) is 1. The topological polar surface area (TPSA) is 38.3 Å². The lowest BCUT2D eigenvalue weighted by molar-refractivity contribution is 0.102. The van der Waals surface area contributed by atoms with Crippen molar-refractivity contribution in [1.29, 1.82) is 0 Å². The summed E-state index contributed by atoms with van der Waals surface area (Å²) >= 11 is 1.62. The summed E-state index contributed by atoms with van der Waals surface area (Å²) < 4.78 is 18.3. The number of hydrogen-bond acceptors (Lipinski definition) is 3. The average molecular weight is 291 g/mol. The number of rotatable bonds is 4. The lowest BCUT2D eigenvalue weighted by atomic mass is 10.1. The Hall–Kier alpha value is -2.01. The Kier molecular flexibility index (Phi) is 4.63. The molecule has 2 rings (SSSR count). The third-order valence-corrected chi connectivity index (χ3v) is 3.50. The second-order valence-electron chi connectivity index (χ2n) is 4.03. The van der Waals surface area contributed by atoms with Gasteiger partial charge in [0.15, 0.2) is 0 Å². The van der Waals surface area contributed by atoms with E-state index in [0.717, 1.165) is 11.0 Å². The number of anilines is 1. The van der Waals surface area contributed by atoms with Gasteiger partial charge in [0, 0.05) is 10.6 Å². The Morgan fingerprint density at radius 3 is 2.50 bits per heavy atom. The van der Waals surface area contributed by atoms with Crippen molar-refractivity contribution in [3.05, 3.63) is 53.8 Å². The molecule has 0 spiro atoms. The number of halogens is 1. The molecule has 0 atom stereocenters. The molecule has 1 amide bonds. The molecule has 5 heteroatoms. The molecule has 0 heterocycles. The maximum atomic E-state index is 13.2. The molecule has 1 N–H and O–H groups in total. The molecule has 0 radical (unpaired) electrons. The SMILES string of the molecule is COc1ccc(F)cc1C(=O)Nc1ccc(SC)cc1. The highest BCUT2D eigenvalue weighted by molar-refractivity contribution is 7.98. The summed E-state index contributed by atoms with van der Waals surface area (Å²) in [6, 6.07) is 11.3. The van der Waals surface area contributed by atoms with Crippen LogP contribution in [0.25, 0.3) is 0 Å². The van der Waals surface area contributed by atoms with E-state index in [1.807, 2.05) is 18.4 Å². The van der Waals surface area contributed by atoms with Crippen molar-refractivity contribution in [2.75, 3.05) is 18.7 Å². The predicted octanol–water partition coefficient (Wildman–Crippen LogP) is 3.81. The molecule has 0 saturated carbocycles. The van der Waals surface area contributed by atoms with Gasteiger partial charge in [-0.05, 0) is 48.7 Å².